The molecular formula is C20H28N4O3S. The summed E-state index contributed by atoms with van der Waals surface area (Å²) in [6.45, 7) is 10.3. The third-order valence-electron chi connectivity index (χ3n) is 5.46. The Balaban J connectivity index is 1.70. The number of aromatic nitrogens is 2. The number of anilines is 1. The van der Waals surface area contributed by atoms with Gasteiger partial charge in [0.25, 0.3) is 0 Å². The van der Waals surface area contributed by atoms with E-state index in [9.17, 15) is 4.79 Å². The van der Waals surface area contributed by atoms with Crippen molar-refractivity contribution in [2.45, 2.75) is 46.2 Å². The molecule has 1 atom stereocenters. The van der Waals surface area contributed by atoms with Crippen molar-refractivity contribution < 1.29 is 14.3 Å². The summed E-state index contributed by atoms with van der Waals surface area (Å²) >= 11 is 1.40. The number of fused-ring (bicyclic) bond motifs is 1. The molecule has 0 radical (unpaired) electrons. The van der Waals surface area contributed by atoms with Gasteiger partial charge in [0.2, 0.25) is 0 Å². The van der Waals surface area contributed by atoms with Crippen LogP contribution in [0.15, 0.2) is 0 Å². The van der Waals surface area contributed by atoms with Crippen molar-refractivity contribution in [3.8, 4) is 0 Å². The molecule has 0 spiro atoms. The van der Waals surface area contributed by atoms with Gasteiger partial charge in [0.1, 0.15) is 21.3 Å². The minimum atomic E-state index is -0.279. The van der Waals surface area contributed by atoms with Gasteiger partial charge in [-0.15, -0.1) is 11.3 Å². The molecule has 0 aromatic carbocycles. The minimum absolute atomic E-state index is 0.279. The van der Waals surface area contributed by atoms with E-state index in [-0.39, 0.29) is 5.97 Å². The fourth-order valence-corrected chi connectivity index (χ4v) is 4.73. The minimum Gasteiger partial charge on any atom is -0.462 e. The highest BCUT2D eigenvalue weighted by Crippen LogP contribution is 2.38. The Hall–Kier alpha value is -1.77. The predicted molar refractivity (Wildman–Crippen MR) is 110 cm³/mol. The lowest BCUT2D eigenvalue weighted by molar-refractivity contribution is 0.0331. The Morgan fingerprint density at radius 2 is 2.11 bits per heavy atom. The number of esters is 1. The smallest absolute Gasteiger partial charge is 0.348 e. The molecule has 4 rings (SSSR count). The molecule has 1 saturated carbocycles. The predicted octanol–water partition coefficient (Wildman–Crippen LogP) is 3.22. The highest BCUT2D eigenvalue weighted by molar-refractivity contribution is 7.20. The van der Waals surface area contributed by atoms with Crippen LogP contribution >= 0.6 is 11.3 Å². The highest BCUT2D eigenvalue weighted by Gasteiger charge is 2.30. The van der Waals surface area contributed by atoms with E-state index in [2.05, 4.69) is 17.1 Å². The van der Waals surface area contributed by atoms with E-state index >= 15 is 0 Å². The SMILES string of the molecule is CCOC(=O)c1sc2nc(CN3CCOCC3)nc(N[C@@H](C)C3CC3)c2c1C. The molecule has 3 heterocycles. The van der Waals surface area contributed by atoms with Gasteiger partial charge in [0.05, 0.1) is 31.8 Å². The Morgan fingerprint density at radius 3 is 2.79 bits per heavy atom. The molecule has 152 valence electrons. The number of ether oxygens (including phenoxy) is 2. The fourth-order valence-electron chi connectivity index (χ4n) is 3.64. The standard InChI is InChI=1S/C20H28N4O3S/c1-4-27-20(25)17-12(2)16-18(21-13(3)14-5-6-14)22-15(23-19(16)28-17)11-24-7-9-26-10-8-24/h13-14H,4-11H2,1-3H3,(H,21,22,23)/t13-/m0/s1. The van der Waals surface area contributed by atoms with Crippen molar-refractivity contribution in [3.63, 3.8) is 0 Å². The first-order valence-electron chi connectivity index (χ1n) is 10.1. The third-order valence-corrected chi connectivity index (χ3v) is 6.63. The zero-order valence-electron chi connectivity index (χ0n) is 16.8. The van der Waals surface area contributed by atoms with Crippen LogP contribution in [0.2, 0.25) is 0 Å². The van der Waals surface area contributed by atoms with Crippen molar-refractivity contribution in [1.29, 1.82) is 0 Å². The van der Waals surface area contributed by atoms with Crippen molar-refractivity contribution in [3.05, 3.63) is 16.3 Å². The van der Waals surface area contributed by atoms with Crippen LogP contribution in [0.4, 0.5) is 5.82 Å². The van der Waals surface area contributed by atoms with Crippen LogP contribution in [-0.2, 0) is 16.0 Å². The second-order valence-corrected chi connectivity index (χ2v) is 8.60. The quantitative estimate of drug-likeness (QED) is 0.710. The maximum Gasteiger partial charge on any atom is 0.348 e. The van der Waals surface area contributed by atoms with E-state index in [1.54, 1.807) is 0 Å². The van der Waals surface area contributed by atoms with E-state index in [0.29, 0.717) is 30.0 Å². The zero-order valence-corrected chi connectivity index (χ0v) is 17.6. The van der Waals surface area contributed by atoms with E-state index in [4.69, 9.17) is 19.4 Å². The second-order valence-electron chi connectivity index (χ2n) is 7.60. The Kier molecular flexibility index (Phi) is 5.80. The fraction of sp³-hybridized carbons (Fsp3) is 0.650. The number of rotatable bonds is 7. The molecule has 28 heavy (non-hydrogen) atoms. The zero-order chi connectivity index (χ0) is 19.7. The summed E-state index contributed by atoms with van der Waals surface area (Å²) in [6.07, 6.45) is 2.53. The average molecular weight is 405 g/mol. The van der Waals surface area contributed by atoms with Gasteiger partial charge in [-0.25, -0.2) is 14.8 Å². The van der Waals surface area contributed by atoms with E-state index < -0.39 is 0 Å². The molecule has 0 bridgehead atoms. The number of carbonyl (C=O) groups is 1. The van der Waals surface area contributed by atoms with Crippen LogP contribution in [0.3, 0.4) is 0 Å². The van der Waals surface area contributed by atoms with Crippen LogP contribution in [0, 0.1) is 12.8 Å². The highest BCUT2D eigenvalue weighted by atomic mass is 32.1. The van der Waals surface area contributed by atoms with Crippen LogP contribution in [-0.4, -0.2) is 59.8 Å². The second kappa shape index (κ2) is 8.31. The topological polar surface area (TPSA) is 76.6 Å². The van der Waals surface area contributed by atoms with Crippen molar-refractivity contribution >= 4 is 33.3 Å². The lowest BCUT2D eigenvalue weighted by Gasteiger charge is -2.26. The molecule has 2 aromatic heterocycles. The number of thiophene rings is 1. The molecule has 2 aliphatic rings. The summed E-state index contributed by atoms with van der Waals surface area (Å²) in [7, 11) is 0. The van der Waals surface area contributed by atoms with Crippen LogP contribution in [0.1, 0.15) is 47.7 Å². The molecule has 0 unspecified atom stereocenters. The Morgan fingerprint density at radius 1 is 1.36 bits per heavy atom. The summed E-state index contributed by atoms with van der Waals surface area (Å²) in [5.74, 6) is 2.06. The van der Waals surface area contributed by atoms with Gasteiger partial charge < -0.3 is 14.8 Å². The maximum atomic E-state index is 12.4. The van der Waals surface area contributed by atoms with Crippen molar-refractivity contribution in [1.82, 2.24) is 14.9 Å². The van der Waals surface area contributed by atoms with Gasteiger partial charge in [-0.05, 0) is 45.1 Å². The molecule has 7 nitrogen and oxygen atoms in total. The number of hydrogen-bond donors (Lipinski definition) is 1. The van der Waals surface area contributed by atoms with Gasteiger partial charge in [-0.1, -0.05) is 0 Å². The lowest BCUT2D eigenvalue weighted by Crippen LogP contribution is -2.36. The number of aryl methyl sites for hydroxylation is 1. The first kappa shape index (κ1) is 19.5. The lowest BCUT2D eigenvalue weighted by atomic mass is 10.1. The first-order valence-corrected chi connectivity index (χ1v) is 10.9. The molecule has 1 aliphatic carbocycles. The number of nitrogens with one attached hydrogen (secondary N) is 1. The average Bonchev–Trinajstić information content (AvgIpc) is 3.47. The molecule has 2 aromatic rings. The van der Waals surface area contributed by atoms with E-state index in [1.165, 1.54) is 24.2 Å². The van der Waals surface area contributed by atoms with Crippen LogP contribution < -0.4 is 5.32 Å². The molecule has 8 heteroatoms. The van der Waals surface area contributed by atoms with Gasteiger partial charge in [0, 0.05) is 19.1 Å². The van der Waals surface area contributed by atoms with Gasteiger partial charge in [0.15, 0.2) is 0 Å². The molecule has 1 saturated heterocycles. The summed E-state index contributed by atoms with van der Waals surface area (Å²) in [5.41, 5.74) is 0.905. The Bertz CT molecular complexity index is 859. The van der Waals surface area contributed by atoms with Crippen molar-refractivity contribution in [2.24, 2.45) is 5.92 Å². The summed E-state index contributed by atoms with van der Waals surface area (Å²) in [6, 6.07) is 0.361. The summed E-state index contributed by atoms with van der Waals surface area (Å²) in [4.78, 5) is 25.8. The maximum absolute atomic E-state index is 12.4. The largest absolute Gasteiger partial charge is 0.462 e. The van der Waals surface area contributed by atoms with E-state index in [0.717, 1.165) is 53.7 Å². The van der Waals surface area contributed by atoms with Gasteiger partial charge >= 0.3 is 5.97 Å². The van der Waals surface area contributed by atoms with E-state index in [1.807, 2.05) is 13.8 Å². The van der Waals surface area contributed by atoms with Gasteiger partial charge in [-0.3, -0.25) is 4.90 Å². The van der Waals surface area contributed by atoms with Gasteiger partial charge in [-0.2, -0.15) is 0 Å². The number of carbonyl (C=O) groups excluding carboxylic acids is 1. The monoisotopic (exact) mass is 404 g/mol. The normalized spacial score (nSPS) is 19.0. The number of morpholine rings is 1. The third kappa shape index (κ3) is 4.14. The summed E-state index contributed by atoms with van der Waals surface area (Å²) in [5, 5.41) is 4.56. The molecule has 0 amide bonds. The first-order chi connectivity index (χ1) is 13.6. The number of nitrogens with zero attached hydrogens (tertiary/aromatic N) is 3. The molecule has 1 aliphatic heterocycles. The van der Waals surface area contributed by atoms with Crippen LogP contribution in [0.25, 0.3) is 10.2 Å². The number of hydrogen-bond acceptors (Lipinski definition) is 8. The van der Waals surface area contributed by atoms with Crippen molar-refractivity contribution in [2.75, 3.05) is 38.2 Å². The Labute approximate surface area is 169 Å². The summed E-state index contributed by atoms with van der Waals surface area (Å²) < 4.78 is 10.7. The molecule has 1 N–H and O–H groups in total. The molecular weight excluding hydrogens is 376 g/mol. The van der Waals surface area contributed by atoms with Crippen LogP contribution in [0.5, 0.6) is 0 Å². The molecule has 2 fully saturated rings.